The Hall–Kier alpha value is -2.24. The summed E-state index contributed by atoms with van der Waals surface area (Å²) in [4.78, 5) is 8.60. The van der Waals surface area contributed by atoms with Crippen LogP contribution in [0.25, 0.3) is 5.65 Å². The van der Waals surface area contributed by atoms with Crippen LogP contribution in [-0.4, -0.2) is 44.3 Å². The third-order valence-corrected chi connectivity index (χ3v) is 3.88. The van der Waals surface area contributed by atoms with Crippen LogP contribution in [0.4, 0.5) is 0 Å². The molecular weight excluding hydrogens is 459 g/mol. The average Bonchev–Trinajstić information content (AvgIpc) is 3.28. The third-order valence-electron chi connectivity index (χ3n) is 3.88. The van der Waals surface area contributed by atoms with Gasteiger partial charge in [0, 0.05) is 32.1 Å². The molecule has 0 bridgehead atoms. The van der Waals surface area contributed by atoms with Gasteiger partial charge in [-0.3, -0.25) is 9.39 Å². The lowest BCUT2D eigenvalue weighted by atomic mass is 10.2. The molecule has 3 aromatic heterocycles. The zero-order chi connectivity index (χ0) is 18.4. The Morgan fingerprint density at radius 1 is 1.26 bits per heavy atom. The van der Waals surface area contributed by atoms with Gasteiger partial charge in [0.1, 0.15) is 0 Å². The monoisotopic (exact) mass is 484 g/mol. The van der Waals surface area contributed by atoms with Crippen molar-refractivity contribution in [2.45, 2.75) is 39.2 Å². The van der Waals surface area contributed by atoms with E-state index in [1.165, 1.54) is 0 Å². The maximum atomic E-state index is 5.24. The predicted octanol–water partition coefficient (Wildman–Crippen LogP) is 2.15. The number of aryl methyl sites for hydroxylation is 1. The summed E-state index contributed by atoms with van der Waals surface area (Å²) < 4.78 is 7.19. The first-order chi connectivity index (χ1) is 12.7. The largest absolute Gasteiger partial charge is 0.356 e. The lowest BCUT2D eigenvalue weighted by molar-refractivity contribution is 0.368. The molecule has 0 fully saturated rings. The molecule has 3 aromatic rings. The van der Waals surface area contributed by atoms with Gasteiger partial charge in [-0.15, -0.1) is 34.2 Å². The van der Waals surface area contributed by atoms with Crippen molar-refractivity contribution in [3.8, 4) is 0 Å². The molecule has 0 aliphatic heterocycles. The number of aromatic nitrogens is 5. The van der Waals surface area contributed by atoms with Gasteiger partial charge in [0.15, 0.2) is 23.3 Å². The van der Waals surface area contributed by atoms with Crippen LogP contribution in [0.5, 0.6) is 0 Å². The van der Waals surface area contributed by atoms with Gasteiger partial charge in [-0.1, -0.05) is 25.1 Å². The van der Waals surface area contributed by atoms with Crippen molar-refractivity contribution in [3.05, 3.63) is 41.9 Å². The first-order valence-corrected chi connectivity index (χ1v) is 8.73. The normalized spacial score (nSPS) is 11.6. The number of hydrogen-bond donors (Lipinski definition) is 2. The Balaban J connectivity index is 0.00000261. The fourth-order valence-corrected chi connectivity index (χ4v) is 2.45. The Morgan fingerprint density at radius 3 is 2.85 bits per heavy atom. The highest BCUT2D eigenvalue weighted by atomic mass is 127. The molecular formula is C17H25IN8O. The fraction of sp³-hybridized carbons (Fsp3) is 0.471. The maximum absolute atomic E-state index is 5.24. The van der Waals surface area contributed by atoms with Crippen molar-refractivity contribution in [2.75, 3.05) is 13.6 Å². The van der Waals surface area contributed by atoms with Crippen LogP contribution in [0, 0.1) is 0 Å². The van der Waals surface area contributed by atoms with E-state index in [9.17, 15) is 0 Å². The molecule has 146 valence electrons. The third kappa shape index (κ3) is 5.62. The highest BCUT2D eigenvalue weighted by molar-refractivity contribution is 14.0. The van der Waals surface area contributed by atoms with E-state index in [1.807, 2.05) is 42.6 Å². The second-order valence-electron chi connectivity index (χ2n) is 6.20. The Morgan fingerprint density at radius 2 is 2.11 bits per heavy atom. The summed E-state index contributed by atoms with van der Waals surface area (Å²) in [7, 11) is 1.74. The van der Waals surface area contributed by atoms with Crippen LogP contribution in [-0.2, 0) is 13.0 Å². The Kier molecular flexibility index (Phi) is 7.95. The number of fused-ring (bicyclic) bond motifs is 1. The molecule has 0 aromatic carbocycles. The summed E-state index contributed by atoms with van der Waals surface area (Å²) in [5.41, 5.74) is 0.826. The maximum Gasteiger partial charge on any atom is 0.226 e. The van der Waals surface area contributed by atoms with Gasteiger partial charge in [-0.25, -0.2) is 0 Å². The number of aliphatic imine (C=N–C) groups is 1. The zero-order valence-electron chi connectivity index (χ0n) is 15.7. The minimum atomic E-state index is 0. The van der Waals surface area contributed by atoms with Gasteiger partial charge in [-0.2, -0.15) is 4.98 Å². The number of rotatable bonds is 7. The summed E-state index contributed by atoms with van der Waals surface area (Å²) in [6.45, 7) is 5.38. The first kappa shape index (κ1) is 21.1. The van der Waals surface area contributed by atoms with Gasteiger partial charge >= 0.3 is 0 Å². The molecule has 0 atom stereocenters. The molecule has 2 N–H and O–H groups in total. The molecule has 0 saturated carbocycles. The van der Waals surface area contributed by atoms with Crippen molar-refractivity contribution in [1.82, 2.24) is 35.4 Å². The van der Waals surface area contributed by atoms with Crippen molar-refractivity contribution in [1.29, 1.82) is 0 Å². The predicted molar refractivity (Wildman–Crippen MR) is 113 cm³/mol. The fourth-order valence-electron chi connectivity index (χ4n) is 2.45. The molecule has 0 unspecified atom stereocenters. The molecule has 0 amide bonds. The van der Waals surface area contributed by atoms with E-state index in [4.69, 9.17) is 4.52 Å². The number of nitrogens with zero attached hydrogens (tertiary/aromatic N) is 6. The highest BCUT2D eigenvalue weighted by Gasteiger charge is 2.09. The number of hydrogen-bond acceptors (Lipinski definition) is 6. The summed E-state index contributed by atoms with van der Waals surface area (Å²) in [6, 6.07) is 5.82. The van der Waals surface area contributed by atoms with Crippen LogP contribution >= 0.6 is 24.0 Å². The second kappa shape index (κ2) is 10.2. The summed E-state index contributed by atoms with van der Waals surface area (Å²) in [5.74, 6) is 3.25. The molecule has 3 rings (SSSR count). The van der Waals surface area contributed by atoms with E-state index >= 15 is 0 Å². The lowest BCUT2D eigenvalue weighted by Gasteiger charge is -2.10. The first-order valence-electron chi connectivity index (χ1n) is 8.73. The quantitative estimate of drug-likeness (QED) is 0.229. The van der Waals surface area contributed by atoms with Crippen molar-refractivity contribution >= 4 is 35.6 Å². The van der Waals surface area contributed by atoms with Crippen LogP contribution < -0.4 is 10.6 Å². The van der Waals surface area contributed by atoms with Gasteiger partial charge in [0.25, 0.3) is 0 Å². The van der Waals surface area contributed by atoms with E-state index in [0.29, 0.717) is 18.4 Å². The number of guanidine groups is 1. The minimum absolute atomic E-state index is 0. The molecule has 9 nitrogen and oxygen atoms in total. The number of nitrogens with one attached hydrogen (secondary N) is 2. The topological polar surface area (TPSA) is 106 Å². The van der Waals surface area contributed by atoms with Gasteiger partial charge in [-0.05, 0) is 18.6 Å². The van der Waals surface area contributed by atoms with Crippen molar-refractivity contribution in [2.24, 2.45) is 4.99 Å². The molecule has 10 heteroatoms. The van der Waals surface area contributed by atoms with E-state index in [2.05, 4.69) is 36.0 Å². The molecule has 0 saturated heterocycles. The number of pyridine rings is 1. The number of halogens is 1. The summed E-state index contributed by atoms with van der Waals surface area (Å²) >= 11 is 0. The van der Waals surface area contributed by atoms with Crippen molar-refractivity contribution < 1.29 is 4.52 Å². The van der Waals surface area contributed by atoms with Gasteiger partial charge < -0.3 is 15.2 Å². The molecule has 0 aliphatic rings. The Labute approximate surface area is 175 Å². The molecule has 0 spiro atoms. The van der Waals surface area contributed by atoms with E-state index in [1.54, 1.807) is 7.05 Å². The van der Waals surface area contributed by atoms with Crippen LogP contribution in [0.15, 0.2) is 33.9 Å². The average molecular weight is 484 g/mol. The van der Waals surface area contributed by atoms with E-state index in [0.717, 1.165) is 36.7 Å². The van der Waals surface area contributed by atoms with Gasteiger partial charge in [0.2, 0.25) is 5.89 Å². The highest BCUT2D eigenvalue weighted by Crippen LogP contribution is 2.10. The zero-order valence-corrected chi connectivity index (χ0v) is 18.0. The van der Waals surface area contributed by atoms with Crippen molar-refractivity contribution in [3.63, 3.8) is 0 Å². The Bertz CT molecular complexity index is 873. The molecule has 27 heavy (non-hydrogen) atoms. The van der Waals surface area contributed by atoms with Crippen LogP contribution in [0.2, 0.25) is 0 Å². The van der Waals surface area contributed by atoms with E-state index in [-0.39, 0.29) is 29.9 Å². The molecule has 3 heterocycles. The van der Waals surface area contributed by atoms with Crippen LogP contribution in [0.1, 0.15) is 43.7 Å². The van der Waals surface area contributed by atoms with Crippen LogP contribution in [0.3, 0.4) is 0 Å². The summed E-state index contributed by atoms with van der Waals surface area (Å²) in [5, 5.41) is 18.8. The minimum Gasteiger partial charge on any atom is -0.356 e. The SMILES string of the molecule is CN=C(NCCCc1nc(C(C)C)no1)NCc1nnc2ccccn12.I. The standard InChI is InChI=1S/C17H24N8O.HI/c1-12(2)16-21-15(26-24-16)8-6-9-19-17(18-3)20-11-14-23-22-13-7-4-5-10-25(13)14;/h4-5,7,10,12H,6,8-9,11H2,1-3H3,(H2,18,19,20);1H. The van der Waals surface area contributed by atoms with E-state index < -0.39 is 0 Å². The smallest absolute Gasteiger partial charge is 0.226 e. The molecule has 0 aliphatic carbocycles. The lowest BCUT2D eigenvalue weighted by Crippen LogP contribution is -2.37. The second-order valence-corrected chi connectivity index (χ2v) is 6.20. The summed E-state index contributed by atoms with van der Waals surface area (Å²) in [6.07, 6.45) is 3.55. The van der Waals surface area contributed by atoms with Gasteiger partial charge in [0.05, 0.1) is 6.54 Å². The molecule has 0 radical (unpaired) electrons.